The zero-order chi connectivity index (χ0) is 25.9. The maximum absolute atomic E-state index is 7.76. The summed E-state index contributed by atoms with van der Waals surface area (Å²) in [6.45, 7) is 8.79. The van der Waals surface area contributed by atoms with E-state index < -0.39 is 8.99 Å². The van der Waals surface area contributed by atoms with Gasteiger partial charge in [0.05, 0.1) is 8.99 Å². The third kappa shape index (κ3) is 4.03. The van der Waals surface area contributed by atoms with Crippen molar-refractivity contribution in [3.8, 4) is 22.3 Å². The van der Waals surface area contributed by atoms with E-state index in [-0.39, 0.29) is 35.7 Å². The predicted molar refractivity (Wildman–Crippen MR) is 161 cm³/mol. The first kappa shape index (κ1) is 27.6. The summed E-state index contributed by atoms with van der Waals surface area (Å²) in [6, 6.07) is 34.3. The van der Waals surface area contributed by atoms with Gasteiger partial charge in [0.1, 0.15) is 9.52 Å². The summed E-state index contributed by atoms with van der Waals surface area (Å²) in [5.41, 5.74) is 14.6. The van der Waals surface area contributed by atoms with Gasteiger partial charge in [-0.05, 0) is 94.5 Å². The summed E-state index contributed by atoms with van der Waals surface area (Å²) in [5.74, 6) is 0. The molecule has 2 atom stereocenters. The summed E-state index contributed by atoms with van der Waals surface area (Å²) < 4.78 is -1.34. The van der Waals surface area contributed by atoms with E-state index in [1.165, 1.54) is 66.8 Å². The van der Waals surface area contributed by atoms with Gasteiger partial charge in [0.25, 0.3) is 0 Å². The largest absolute Gasteiger partial charge is 0.118 e. The molecule has 0 aliphatic heterocycles. The maximum Gasteiger partial charge on any atom is 0.118 e. The smallest absolute Gasteiger partial charge is 0.114 e. The molecule has 0 amide bonds. The van der Waals surface area contributed by atoms with Crippen LogP contribution < -0.4 is 0 Å². The minimum absolute atomic E-state index is 0. The summed E-state index contributed by atoms with van der Waals surface area (Å²) in [7, 11) is 0.235. The molecule has 4 heteroatoms. The Morgan fingerprint density at radius 1 is 0.500 bits per heavy atom. The molecule has 0 N–H and O–H groups in total. The molecule has 0 fully saturated rings. The first-order valence-electron chi connectivity index (χ1n) is 12.7. The first-order chi connectivity index (χ1) is 17.8. The molecule has 0 heterocycles. The topological polar surface area (TPSA) is 0 Å². The Kier molecular flexibility index (Phi) is 7.42. The van der Waals surface area contributed by atoms with Crippen molar-refractivity contribution in [3.63, 3.8) is 0 Å². The second kappa shape index (κ2) is 10.2. The zero-order valence-corrected chi connectivity index (χ0v) is 27.0. The SMILES string of the molecule is CC1=C(C)C(Cl)([Si]C2(Cl)C(C)=C(C)c3c(-c4ccccc4)cccc32)c2cccc(-c3ccccc3)c21.[Zr]. The third-order valence-corrected chi connectivity index (χ3v) is 11.8. The van der Waals surface area contributed by atoms with Gasteiger partial charge in [0.15, 0.2) is 0 Å². The molecule has 0 bridgehead atoms. The van der Waals surface area contributed by atoms with Crippen LogP contribution in [0.2, 0.25) is 0 Å². The Labute approximate surface area is 257 Å². The van der Waals surface area contributed by atoms with Crippen molar-refractivity contribution in [1.82, 2.24) is 0 Å². The zero-order valence-electron chi connectivity index (χ0n) is 22.0. The van der Waals surface area contributed by atoms with Crippen molar-refractivity contribution in [3.05, 3.63) is 130 Å². The molecular weight excluding hydrogens is 599 g/mol. The summed E-state index contributed by atoms with van der Waals surface area (Å²) in [6.07, 6.45) is 0. The standard InChI is InChI=1S/C34H28Cl2Si.Zr/c1-21-23(3)33(35,29-19-11-17-27(31(21)29)25-13-7-5-8-14-25)37-34(36)24(4)22(2)32-28(18-12-20-30(32)34)26-15-9-6-10-16-26;/h5-20H,1-4H3;. The van der Waals surface area contributed by atoms with Crippen LogP contribution >= 0.6 is 23.2 Å². The average Bonchev–Trinajstić information content (AvgIpc) is 3.25. The first-order valence-corrected chi connectivity index (χ1v) is 14.4. The average molecular weight is 627 g/mol. The Hall–Kier alpha value is -1.96. The normalized spacial score (nSPS) is 21.8. The number of allylic oxidation sites excluding steroid dienone is 4. The van der Waals surface area contributed by atoms with Gasteiger partial charge in [-0.3, -0.25) is 0 Å². The van der Waals surface area contributed by atoms with Crippen LogP contribution in [0.5, 0.6) is 0 Å². The molecule has 6 rings (SSSR count). The van der Waals surface area contributed by atoms with Crippen LogP contribution in [0.3, 0.4) is 0 Å². The summed E-state index contributed by atoms with van der Waals surface area (Å²) >= 11 is 15.5. The monoisotopic (exact) mass is 624 g/mol. The van der Waals surface area contributed by atoms with Gasteiger partial charge < -0.3 is 0 Å². The van der Waals surface area contributed by atoms with Gasteiger partial charge in [-0.25, -0.2) is 0 Å². The fourth-order valence-corrected chi connectivity index (χ4v) is 9.56. The molecule has 2 radical (unpaired) electrons. The third-order valence-electron chi connectivity index (χ3n) is 8.29. The van der Waals surface area contributed by atoms with Gasteiger partial charge in [-0.15, -0.1) is 23.2 Å². The number of hydrogen-bond acceptors (Lipinski definition) is 0. The summed E-state index contributed by atoms with van der Waals surface area (Å²) in [5, 5.41) is 0. The molecule has 4 aromatic rings. The minimum atomic E-state index is -0.669. The molecule has 0 aromatic heterocycles. The Morgan fingerprint density at radius 3 is 1.24 bits per heavy atom. The van der Waals surface area contributed by atoms with Crippen LogP contribution in [0.1, 0.15) is 49.9 Å². The van der Waals surface area contributed by atoms with Gasteiger partial charge in [0, 0.05) is 26.2 Å². The quantitative estimate of drug-likeness (QED) is 0.156. The number of halogens is 2. The number of benzene rings is 4. The van der Waals surface area contributed by atoms with Gasteiger partial charge in [0.2, 0.25) is 0 Å². The molecule has 2 aliphatic carbocycles. The molecule has 0 saturated heterocycles. The van der Waals surface area contributed by atoms with Crippen molar-refractivity contribution in [2.24, 2.45) is 0 Å². The second-order valence-corrected chi connectivity index (χ2v) is 13.6. The van der Waals surface area contributed by atoms with E-state index in [2.05, 4.69) is 125 Å². The van der Waals surface area contributed by atoms with Crippen molar-refractivity contribution >= 4 is 43.9 Å². The van der Waals surface area contributed by atoms with Crippen molar-refractivity contribution < 1.29 is 26.2 Å². The van der Waals surface area contributed by atoms with Crippen LogP contribution in [0.4, 0.5) is 0 Å². The Morgan fingerprint density at radius 2 is 0.868 bits per heavy atom. The molecule has 2 aliphatic rings. The maximum atomic E-state index is 7.76. The van der Waals surface area contributed by atoms with Gasteiger partial charge >= 0.3 is 0 Å². The fourth-order valence-electron chi connectivity index (χ4n) is 6.06. The second-order valence-electron chi connectivity index (χ2n) is 10.1. The van der Waals surface area contributed by atoms with Crippen LogP contribution in [0.25, 0.3) is 33.4 Å². The minimum Gasteiger partial charge on any atom is -0.114 e. The van der Waals surface area contributed by atoms with E-state index >= 15 is 0 Å². The fraction of sp³-hybridized carbons (Fsp3) is 0.176. The number of alkyl halides is 2. The Bertz CT molecular complexity index is 1490. The van der Waals surface area contributed by atoms with Gasteiger partial charge in [-0.2, -0.15) is 0 Å². The molecular formula is C34H28Cl2SiZr. The van der Waals surface area contributed by atoms with Crippen LogP contribution in [-0.2, 0) is 35.2 Å². The van der Waals surface area contributed by atoms with E-state index in [0.717, 1.165) is 0 Å². The number of hydrogen-bond donors (Lipinski definition) is 0. The predicted octanol–water partition coefficient (Wildman–Crippen LogP) is 9.82. The van der Waals surface area contributed by atoms with Crippen molar-refractivity contribution in [2.45, 2.75) is 36.7 Å². The van der Waals surface area contributed by atoms with E-state index in [4.69, 9.17) is 23.2 Å². The number of fused-ring (bicyclic) bond motifs is 2. The molecule has 0 spiro atoms. The van der Waals surface area contributed by atoms with E-state index in [1.807, 2.05) is 0 Å². The van der Waals surface area contributed by atoms with Gasteiger partial charge in [-0.1, -0.05) is 97.1 Å². The van der Waals surface area contributed by atoms with Crippen LogP contribution in [0.15, 0.2) is 108 Å². The van der Waals surface area contributed by atoms with Crippen LogP contribution in [0, 0.1) is 0 Å². The molecule has 2 unspecified atom stereocenters. The molecule has 186 valence electrons. The molecule has 0 nitrogen and oxygen atoms in total. The Balaban J connectivity index is 0.00000294. The van der Waals surface area contributed by atoms with Crippen molar-refractivity contribution in [1.29, 1.82) is 0 Å². The molecule has 38 heavy (non-hydrogen) atoms. The van der Waals surface area contributed by atoms with Crippen LogP contribution in [-0.4, -0.2) is 9.52 Å². The number of rotatable bonds is 4. The van der Waals surface area contributed by atoms with E-state index in [0.29, 0.717) is 0 Å². The molecule has 0 saturated carbocycles. The van der Waals surface area contributed by atoms with Crippen molar-refractivity contribution in [2.75, 3.05) is 0 Å². The van der Waals surface area contributed by atoms with E-state index in [9.17, 15) is 0 Å². The summed E-state index contributed by atoms with van der Waals surface area (Å²) in [4.78, 5) is 0. The van der Waals surface area contributed by atoms with E-state index in [1.54, 1.807) is 0 Å². The molecule has 4 aromatic carbocycles.